The van der Waals surface area contributed by atoms with Crippen molar-refractivity contribution in [3.05, 3.63) is 57.8 Å². The van der Waals surface area contributed by atoms with E-state index in [1.165, 1.54) is 13.2 Å². The largest absolute Gasteiger partial charge is 0.488 e. The third-order valence-electron chi connectivity index (χ3n) is 2.98. The van der Waals surface area contributed by atoms with E-state index >= 15 is 0 Å². The standard InChI is InChI=1S/C16H15F2N3O3/c1-19-15(22)12-8-20-14(21-16(12)23)7-4-10-2-5-11(6-3-10)24-9-13(17)18/h2-8,13H,9H2,1H3,(H,19,22)(H,20,21,23)/b7-4+. The number of aromatic nitrogens is 2. The van der Waals surface area contributed by atoms with Gasteiger partial charge in [0.2, 0.25) is 0 Å². The Balaban J connectivity index is 2.06. The van der Waals surface area contributed by atoms with E-state index in [0.29, 0.717) is 5.75 Å². The minimum atomic E-state index is -2.52. The topological polar surface area (TPSA) is 84.1 Å². The predicted octanol–water partition coefficient (Wildman–Crippen LogP) is 1.94. The first-order chi connectivity index (χ1) is 11.5. The second kappa shape index (κ2) is 8.00. The van der Waals surface area contributed by atoms with Crippen molar-refractivity contribution in [3.63, 3.8) is 0 Å². The van der Waals surface area contributed by atoms with E-state index in [1.807, 2.05) is 0 Å². The quantitative estimate of drug-likeness (QED) is 0.845. The number of carbonyl (C=O) groups excluding carboxylic acids is 1. The van der Waals surface area contributed by atoms with Crippen LogP contribution in [0.3, 0.4) is 0 Å². The monoisotopic (exact) mass is 335 g/mol. The highest BCUT2D eigenvalue weighted by Crippen LogP contribution is 2.14. The van der Waals surface area contributed by atoms with Crippen LogP contribution in [0.4, 0.5) is 8.78 Å². The molecule has 0 radical (unpaired) electrons. The molecule has 24 heavy (non-hydrogen) atoms. The van der Waals surface area contributed by atoms with Crippen LogP contribution in [-0.2, 0) is 0 Å². The molecule has 0 saturated carbocycles. The van der Waals surface area contributed by atoms with Gasteiger partial charge in [0.05, 0.1) is 0 Å². The normalized spacial score (nSPS) is 11.0. The summed E-state index contributed by atoms with van der Waals surface area (Å²) in [6.07, 6.45) is 1.91. The molecular weight excluding hydrogens is 320 g/mol. The van der Waals surface area contributed by atoms with Crippen molar-refractivity contribution < 1.29 is 18.3 Å². The van der Waals surface area contributed by atoms with Gasteiger partial charge in [0, 0.05) is 13.2 Å². The van der Waals surface area contributed by atoms with Crippen molar-refractivity contribution >= 4 is 18.1 Å². The Hall–Kier alpha value is -3.03. The molecule has 1 amide bonds. The summed E-state index contributed by atoms with van der Waals surface area (Å²) >= 11 is 0. The van der Waals surface area contributed by atoms with Crippen molar-refractivity contribution in [2.24, 2.45) is 0 Å². The fourth-order valence-electron chi connectivity index (χ4n) is 1.80. The highest BCUT2D eigenvalue weighted by molar-refractivity contribution is 5.93. The Kier molecular flexibility index (Phi) is 5.78. The minimum absolute atomic E-state index is 0.0739. The summed E-state index contributed by atoms with van der Waals surface area (Å²) in [6.45, 7) is -0.655. The van der Waals surface area contributed by atoms with Crippen LogP contribution in [0.2, 0.25) is 0 Å². The number of nitrogens with zero attached hydrogens (tertiary/aromatic N) is 1. The highest BCUT2D eigenvalue weighted by Gasteiger charge is 2.08. The molecule has 0 aliphatic rings. The molecule has 126 valence electrons. The van der Waals surface area contributed by atoms with E-state index in [2.05, 4.69) is 15.3 Å². The summed E-state index contributed by atoms with van der Waals surface area (Å²) in [6, 6.07) is 6.47. The summed E-state index contributed by atoms with van der Waals surface area (Å²) in [5.74, 6) is 0.109. The Morgan fingerprint density at radius 1 is 1.33 bits per heavy atom. The third kappa shape index (κ3) is 4.73. The summed E-state index contributed by atoms with van der Waals surface area (Å²) in [7, 11) is 1.42. The fourth-order valence-corrected chi connectivity index (χ4v) is 1.80. The first-order valence-corrected chi connectivity index (χ1v) is 7.00. The van der Waals surface area contributed by atoms with E-state index in [4.69, 9.17) is 4.74 Å². The lowest BCUT2D eigenvalue weighted by molar-refractivity contribution is 0.0819. The van der Waals surface area contributed by atoms with Gasteiger partial charge in [-0.05, 0) is 23.8 Å². The van der Waals surface area contributed by atoms with Crippen molar-refractivity contribution in [1.82, 2.24) is 15.3 Å². The van der Waals surface area contributed by atoms with Gasteiger partial charge in [-0.3, -0.25) is 9.59 Å². The molecule has 0 fully saturated rings. The van der Waals surface area contributed by atoms with E-state index in [1.54, 1.807) is 36.4 Å². The number of amides is 1. The van der Waals surface area contributed by atoms with Gasteiger partial charge in [-0.15, -0.1) is 0 Å². The predicted molar refractivity (Wildman–Crippen MR) is 85.1 cm³/mol. The zero-order valence-electron chi connectivity index (χ0n) is 12.8. The maximum atomic E-state index is 12.0. The van der Waals surface area contributed by atoms with E-state index in [-0.39, 0.29) is 11.4 Å². The zero-order chi connectivity index (χ0) is 17.5. The maximum Gasteiger partial charge on any atom is 0.272 e. The Morgan fingerprint density at radius 3 is 2.62 bits per heavy atom. The van der Waals surface area contributed by atoms with E-state index < -0.39 is 24.5 Å². The van der Waals surface area contributed by atoms with Gasteiger partial charge in [0.15, 0.2) is 0 Å². The molecule has 0 spiro atoms. The lowest BCUT2D eigenvalue weighted by Crippen LogP contribution is -2.27. The SMILES string of the molecule is CNC(=O)c1cnc(/C=C/c2ccc(OCC(F)F)cc2)[nH]c1=O. The van der Waals surface area contributed by atoms with Gasteiger partial charge in [-0.1, -0.05) is 18.2 Å². The summed E-state index contributed by atoms with van der Waals surface area (Å²) < 4.78 is 29.0. The van der Waals surface area contributed by atoms with E-state index in [9.17, 15) is 18.4 Å². The summed E-state index contributed by atoms with van der Waals surface area (Å²) in [4.78, 5) is 29.6. The van der Waals surface area contributed by atoms with Gasteiger partial charge in [-0.25, -0.2) is 13.8 Å². The molecule has 2 N–H and O–H groups in total. The molecule has 6 nitrogen and oxygen atoms in total. The Labute approximate surface area is 136 Å². The van der Waals surface area contributed by atoms with Crippen LogP contribution in [0.25, 0.3) is 12.2 Å². The number of aromatic amines is 1. The summed E-state index contributed by atoms with van der Waals surface area (Å²) in [5.41, 5.74) is 0.146. The number of nitrogens with one attached hydrogen (secondary N) is 2. The number of ether oxygens (including phenoxy) is 1. The average Bonchev–Trinajstić information content (AvgIpc) is 2.58. The molecule has 2 aromatic rings. The molecule has 2 rings (SSSR count). The highest BCUT2D eigenvalue weighted by atomic mass is 19.3. The smallest absolute Gasteiger partial charge is 0.272 e. The first kappa shape index (κ1) is 17.3. The van der Waals surface area contributed by atoms with Crippen molar-refractivity contribution in [2.45, 2.75) is 6.43 Å². The average molecular weight is 335 g/mol. The van der Waals surface area contributed by atoms with Gasteiger partial charge < -0.3 is 15.0 Å². The maximum absolute atomic E-state index is 12.0. The number of carbonyl (C=O) groups is 1. The third-order valence-corrected chi connectivity index (χ3v) is 2.98. The van der Waals surface area contributed by atoms with Crippen LogP contribution in [0.1, 0.15) is 21.7 Å². The fraction of sp³-hybridized carbons (Fsp3) is 0.188. The molecule has 0 aliphatic heterocycles. The van der Waals surface area contributed by atoms with Crippen LogP contribution in [0, 0.1) is 0 Å². The number of H-pyrrole nitrogens is 1. The Morgan fingerprint density at radius 2 is 2.04 bits per heavy atom. The van der Waals surface area contributed by atoms with Gasteiger partial charge in [0.1, 0.15) is 23.7 Å². The Bertz CT molecular complexity index is 786. The van der Waals surface area contributed by atoms with Crippen LogP contribution in [-0.4, -0.2) is 36.0 Å². The molecule has 1 heterocycles. The lowest BCUT2D eigenvalue weighted by atomic mass is 10.2. The molecular formula is C16H15F2N3O3. The van der Waals surface area contributed by atoms with Gasteiger partial charge in [-0.2, -0.15) is 0 Å². The molecule has 8 heteroatoms. The number of benzene rings is 1. The first-order valence-electron chi connectivity index (χ1n) is 7.00. The minimum Gasteiger partial charge on any atom is -0.488 e. The molecule has 0 aliphatic carbocycles. The van der Waals surface area contributed by atoms with E-state index in [0.717, 1.165) is 5.56 Å². The number of alkyl halides is 2. The van der Waals surface area contributed by atoms with Crippen molar-refractivity contribution in [3.8, 4) is 5.75 Å². The van der Waals surface area contributed by atoms with Crippen LogP contribution in [0.15, 0.2) is 35.3 Å². The second-order valence-electron chi connectivity index (χ2n) is 4.69. The number of hydrogen-bond donors (Lipinski definition) is 2. The van der Waals surface area contributed by atoms with Gasteiger partial charge in [0.25, 0.3) is 17.9 Å². The second-order valence-corrected chi connectivity index (χ2v) is 4.69. The molecule has 0 unspecified atom stereocenters. The molecule has 0 bridgehead atoms. The number of halogens is 2. The zero-order valence-corrected chi connectivity index (χ0v) is 12.8. The lowest BCUT2D eigenvalue weighted by Gasteiger charge is -2.05. The summed E-state index contributed by atoms with van der Waals surface area (Å²) in [5, 5.41) is 2.35. The van der Waals surface area contributed by atoms with Crippen molar-refractivity contribution in [2.75, 3.05) is 13.7 Å². The van der Waals surface area contributed by atoms with Crippen molar-refractivity contribution in [1.29, 1.82) is 0 Å². The molecule has 0 atom stereocenters. The molecule has 1 aromatic carbocycles. The van der Waals surface area contributed by atoms with Crippen LogP contribution < -0.4 is 15.6 Å². The number of rotatable bonds is 6. The van der Waals surface area contributed by atoms with Crippen LogP contribution >= 0.6 is 0 Å². The number of hydrogen-bond acceptors (Lipinski definition) is 4. The van der Waals surface area contributed by atoms with Gasteiger partial charge >= 0.3 is 0 Å². The molecule has 0 saturated heterocycles. The van der Waals surface area contributed by atoms with Crippen LogP contribution in [0.5, 0.6) is 5.75 Å². The molecule has 1 aromatic heterocycles.